The molecule has 4 nitrogen and oxygen atoms in total. The molecule has 2 amide bonds. The lowest BCUT2D eigenvalue weighted by Gasteiger charge is -2.20. The molecule has 1 aliphatic heterocycles. The number of hydrogen-bond acceptors (Lipinski definition) is 2. The first-order valence-corrected chi connectivity index (χ1v) is 5.19. The van der Waals surface area contributed by atoms with E-state index in [4.69, 9.17) is 0 Å². The molecule has 0 bridgehead atoms. The van der Waals surface area contributed by atoms with Gasteiger partial charge in [-0.25, -0.2) is 0 Å². The van der Waals surface area contributed by atoms with Crippen LogP contribution in [-0.2, 0) is 9.59 Å². The van der Waals surface area contributed by atoms with Gasteiger partial charge in [-0.3, -0.25) is 9.59 Å². The number of rotatable bonds is 4. The molecule has 1 aliphatic rings. The SMILES string of the molecule is CCCCN(C)C(=O)C1CCC(=O)N1. The molecule has 0 aromatic carbocycles. The van der Waals surface area contributed by atoms with Gasteiger partial charge < -0.3 is 10.2 Å². The number of hydrogen-bond donors (Lipinski definition) is 1. The van der Waals surface area contributed by atoms with Gasteiger partial charge in [-0.1, -0.05) is 13.3 Å². The molecule has 0 saturated carbocycles. The molecule has 0 aromatic rings. The minimum absolute atomic E-state index is 0.00718. The van der Waals surface area contributed by atoms with Crippen molar-refractivity contribution < 1.29 is 9.59 Å². The van der Waals surface area contributed by atoms with E-state index in [1.807, 2.05) is 0 Å². The molecule has 1 heterocycles. The van der Waals surface area contributed by atoms with Crippen molar-refractivity contribution in [1.82, 2.24) is 10.2 Å². The predicted molar refractivity (Wildman–Crippen MR) is 53.7 cm³/mol. The Labute approximate surface area is 84.7 Å². The molecule has 1 unspecified atom stereocenters. The molecule has 0 aliphatic carbocycles. The zero-order valence-electron chi connectivity index (χ0n) is 8.88. The van der Waals surface area contributed by atoms with Gasteiger partial charge in [-0.15, -0.1) is 0 Å². The fourth-order valence-electron chi connectivity index (χ4n) is 1.57. The maximum absolute atomic E-state index is 11.7. The Kier molecular flexibility index (Phi) is 3.92. The summed E-state index contributed by atoms with van der Waals surface area (Å²) in [7, 11) is 1.79. The Morgan fingerprint density at radius 3 is 2.86 bits per heavy atom. The summed E-state index contributed by atoms with van der Waals surface area (Å²) in [5, 5.41) is 2.68. The highest BCUT2D eigenvalue weighted by Crippen LogP contribution is 2.09. The number of unbranched alkanes of at least 4 members (excludes halogenated alkanes) is 1. The van der Waals surface area contributed by atoms with Crippen LogP contribution in [0.3, 0.4) is 0 Å². The predicted octanol–water partition coefficient (Wildman–Crippen LogP) is 0.523. The third-order valence-corrected chi connectivity index (χ3v) is 2.52. The van der Waals surface area contributed by atoms with E-state index in [0.29, 0.717) is 12.8 Å². The lowest BCUT2D eigenvalue weighted by Crippen LogP contribution is -2.42. The van der Waals surface area contributed by atoms with Crippen LogP contribution in [0, 0.1) is 0 Å². The van der Waals surface area contributed by atoms with Gasteiger partial charge in [-0.2, -0.15) is 0 Å². The van der Waals surface area contributed by atoms with Crippen LogP contribution in [0.4, 0.5) is 0 Å². The van der Waals surface area contributed by atoms with Crippen molar-refractivity contribution in [3.8, 4) is 0 Å². The largest absolute Gasteiger partial charge is 0.344 e. The van der Waals surface area contributed by atoms with Crippen LogP contribution in [0.15, 0.2) is 0 Å². The lowest BCUT2D eigenvalue weighted by molar-refractivity contribution is -0.133. The molecule has 1 rings (SSSR count). The second-order valence-corrected chi connectivity index (χ2v) is 3.77. The minimum Gasteiger partial charge on any atom is -0.344 e. The van der Waals surface area contributed by atoms with Crippen molar-refractivity contribution in [1.29, 1.82) is 0 Å². The molecule has 1 atom stereocenters. The normalized spacial score (nSPS) is 20.7. The lowest BCUT2D eigenvalue weighted by atomic mass is 10.2. The number of amides is 2. The highest BCUT2D eigenvalue weighted by atomic mass is 16.2. The maximum atomic E-state index is 11.7. The smallest absolute Gasteiger partial charge is 0.244 e. The molecule has 0 aromatic heterocycles. The van der Waals surface area contributed by atoms with Crippen LogP contribution in [-0.4, -0.2) is 36.3 Å². The summed E-state index contributed by atoms with van der Waals surface area (Å²) in [6.07, 6.45) is 3.23. The van der Waals surface area contributed by atoms with Crippen LogP contribution in [0.25, 0.3) is 0 Å². The molecule has 4 heteroatoms. The molecule has 1 N–H and O–H groups in total. The van der Waals surface area contributed by atoms with Gasteiger partial charge in [0.05, 0.1) is 0 Å². The fraction of sp³-hybridized carbons (Fsp3) is 0.800. The van der Waals surface area contributed by atoms with Crippen LogP contribution >= 0.6 is 0 Å². The average Bonchev–Trinajstić information content (AvgIpc) is 2.60. The summed E-state index contributed by atoms with van der Waals surface area (Å²) >= 11 is 0. The van der Waals surface area contributed by atoms with Crippen molar-refractivity contribution in [3.05, 3.63) is 0 Å². The van der Waals surface area contributed by atoms with Crippen molar-refractivity contribution in [2.24, 2.45) is 0 Å². The highest BCUT2D eigenvalue weighted by molar-refractivity contribution is 5.90. The van der Waals surface area contributed by atoms with Gasteiger partial charge >= 0.3 is 0 Å². The van der Waals surface area contributed by atoms with Gasteiger partial charge in [0.25, 0.3) is 0 Å². The zero-order valence-corrected chi connectivity index (χ0v) is 8.88. The van der Waals surface area contributed by atoms with Crippen LogP contribution in [0.2, 0.25) is 0 Å². The Bertz CT molecular complexity index is 228. The van der Waals surface area contributed by atoms with Gasteiger partial charge in [0, 0.05) is 20.0 Å². The Morgan fingerprint density at radius 2 is 2.36 bits per heavy atom. The van der Waals surface area contributed by atoms with E-state index >= 15 is 0 Å². The molecule has 14 heavy (non-hydrogen) atoms. The highest BCUT2D eigenvalue weighted by Gasteiger charge is 2.28. The van der Waals surface area contributed by atoms with Crippen molar-refractivity contribution in [2.75, 3.05) is 13.6 Å². The number of carbonyl (C=O) groups excluding carboxylic acids is 2. The summed E-state index contributed by atoms with van der Waals surface area (Å²) < 4.78 is 0. The van der Waals surface area contributed by atoms with E-state index in [0.717, 1.165) is 19.4 Å². The number of nitrogens with one attached hydrogen (secondary N) is 1. The van der Waals surface area contributed by atoms with Crippen LogP contribution in [0.5, 0.6) is 0 Å². The average molecular weight is 198 g/mol. The Hall–Kier alpha value is -1.06. The summed E-state index contributed by atoms with van der Waals surface area (Å²) in [4.78, 5) is 24.3. The molecular formula is C10H18N2O2. The molecule has 80 valence electrons. The van der Waals surface area contributed by atoms with E-state index in [2.05, 4.69) is 12.2 Å². The second-order valence-electron chi connectivity index (χ2n) is 3.77. The number of likely N-dealkylation sites (N-methyl/N-ethyl adjacent to an activating group) is 1. The first-order chi connectivity index (χ1) is 6.65. The van der Waals surface area contributed by atoms with E-state index < -0.39 is 0 Å². The van der Waals surface area contributed by atoms with Gasteiger partial charge in [0.2, 0.25) is 11.8 Å². The first-order valence-electron chi connectivity index (χ1n) is 5.19. The van der Waals surface area contributed by atoms with Gasteiger partial charge in [0.15, 0.2) is 0 Å². The third kappa shape index (κ3) is 2.72. The first kappa shape index (κ1) is 11.0. The molecule has 1 saturated heterocycles. The maximum Gasteiger partial charge on any atom is 0.244 e. The van der Waals surface area contributed by atoms with Crippen molar-refractivity contribution in [3.63, 3.8) is 0 Å². The van der Waals surface area contributed by atoms with Crippen LogP contribution in [0.1, 0.15) is 32.6 Å². The van der Waals surface area contributed by atoms with E-state index in [1.54, 1.807) is 11.9 Å². The van der Waals surface area contributed by atoms with E-state index in [1.165, 1.54) is 0 Å². The molecular weight excluding hydrogens is 180 g/mol. The molecule has 0 radical (unpaired) electrons. The van der Waals surface area contributed by atoms with Gasteiger partial charge in [0.1, 0.15) is 6.04 Å². The van der Waals surface area contributed by atoms with Crippen molar-refractivity contribution >= 4 is 11.8 Å². The van der Waals surface area contributed by atoms with E-state index in [9.17, 15) is 9.59 Å². The van der Waals surface area contributed by atoms with Gasteiger partial charge in [-0.05, 0) is 12.8 Å². The Morgan fingerprint density at radius 1 is 1.64 bits per heavy atom. The molecule has 0 spiro atoms. The quantitative estimate of drug-likeness (QED) is 0.716. The van der Waals surface area contributed by atoms with Crippen LogP contribution < -0.4 is 5.32 Å². The van der Waals surface area contributed by atoms with Crippen molar-refractivity contribution in [2.45, 2.75) is 38.6 Å². The fourth-order valence-corrected chi connectivity index (χ4v) is 1.57. The summed E-state index contributed by atoms with van der Waals surface area (Å²) in [5.41, 5.74) is 0. The topological polar surface area (TPSA) is 49.4 Å². The minimum atomic E-state index is -0.274. The summed E-state index contributed by atoms with van der Waals surface area (Å²) in [6.45, 7) is 2.87. The molecule has 1 fully saturated rings. The van der Waals surface area contributed by atoms with E-state index in [-0.39, 0.29) is 17.9 Å². The number of carbonyl (C=O) groups is 2. The third-order valence-electron chi connectivity index (χ3n) is 2.52. The number of nitrogens with zero attached hydrogens (tertiary/aromatic N) is 1. The summed E-state index contributed by atoms with van der Waals surface area (Å²) in [6, 6.07) is -0.274. The monoisotopic (exact) mass is 198 g/mol. The standard InChI is InChI=1S/C10H18N2O2/c1-3-4-7-12(2)10(14)8-5-6-9(13)11-8/h8H,3-7H2,1-2H3,(H,11,13). The zero-order chi connectivity index (χ0) is 10.6. The second kappa shape index (κ2) is 4.98. The Balaban J connectivity index is 2.36. The summed E-state index contributed by atoms with van der Waals surface area (Å²) in [5.74, 6) is 0.0385.